The molecule has 0 saturated carbocycles. The first-order valence-electron chi connectivity index (χ1n) is 5.73. The van der Waals surface area contributed by atoms with Crippen molar-refractivity contribution in [2.24, 2.45) is 0 Å². The van der Waals surface area contributed by atoms with Crippen molar-refractivity contribution < 1.29 is 15.0 Å². The molecule has 1 aromatic rings. The lowest BCUT2D eigenvalue weighted by molar-refractivity contribution is -0.132. The number of aliphatic hydroxyl groups excluding tert-OH is 1. The second-order valence-electron chi connectivity index (χ2n) is 4.21. The molecule has 0 atom stereocenters. The molecule has 2 N–H and O–H groups in total. The molecule has 0 unspecified atom stereocenters. The number of para-hydroxylation sites is 1. The van der Waals surface area contributed by atoms with E-state index in [-0.39, 0.29) is 30.7 Å². The monoisotopic (exact) mass is 237 g/mol. The molecule has 4 nitrogen and oxygen atoms in total. The number of rotatable bonds is 5. The molecule has 0 fully saturated rings. The summed E-state index contributed by atoms with van der Waals surface area (Å²) in [6, 6.07) is 6.84. The number of amides is 1. The highest BCUT2D eigenvalue weighted by Gasteiger charge is 2.17. The molecular weight excluding hydrogens is 218 g/mol. The first-order chi connectivity index (χ1) is 8.06. The number of nitrogens with zero attached hydrogens (tertiary/aromatic N) is 1. The Hall–Kier alpha value is -1.55. The minimum Gasteiger partial charge on any atom is -0.508 e. The van der Waals surface area contributed by atoms with Gasteiger partial charge < -0.3 is 15.1 Å². The van der Waals surface area contributed by atoms with Gasteiger partial charge in [-0.1, -0.05) is 18.2 Å². The zero-order valence-electron chi connectivity index (χ0n) is 10.3. The van der Waals surface area contributed by atoms with Gasteiger partial charge in [0.2, 0.25) is 5.91 Å². The molecule has 0 spiro atoms. The van der Waals surface area contributed by atoms with E-state index in [1.807, 2.05) is 13.8 Å². The van der Waals surface area contributed by atoms with Crippen molar-refractivity contribution in [1.82, 2.24) is 4.90 Å². The van der Waals surface area contributed by atoms with Crippen LogP contribution in [0.4, 0.5) is 0 Å². The van der Waals surface area contributed by atoms with Crippen LogP contribution in [0, 0.1) is 0 Å². The largest absolute Gasteiger partial charge is 0.508 e. The highest BCUT2D eigenvalue weighted by Crippen LogP contribution is 2.17. The Bertz CT molecular complexity index is 377. The van der Waals surface area contributed by atoms with Crippen LogP contribution in [0.1, 0.15) is 19.4 Å². The summed E-state index contributed by atoms with van der Waals surface area (Å²) in [6.45, 7) is 4.08. The summed E-state index contributed by atoms with van der Waals surface area (Å²) < 4.78 is 0. The minimum absolute atomic E-state index is 0.0421. The third-order valence-electron chi connectivity index (χ3n) is 2.62. The van der Waals surface area contributed by atoms with Gasteiger partial charge in [0.25, 0.3) is 0 Å². The van der Waals surface area contributed by atoms with E-state index >= 15 is 0 Å². The van der Waals surface area contributed by atoms with E-state index in [1.165, 1.54) is 0 Å². The summed E-state index contributed by atoms with van der Waals surface area (Å²) >= 11 is 0. The minimum atomic E-state index is -0.0875. The predicted octanol–water partition coefficient (Wildman–Crippen LogP) is 1.16. The van der Waals surface area contributed by atoms with Crippen LogP contribution < -0.4 is 0 Å². The Kier molecular flexibility index (Phi) is 4.97. The molecule has 1 aromatic carbocycles. The highest BCUT2D eigenvalue weighted by molar-refractivity contribution is 5.79. The van der Waals surface area contributed by atoms with Crippen LogP contribution in [-0.2, 0) is 11.2 Å². The molecular formula is C13H19NO3. The van der Waals surface area contributed by atoms with E-state index in [4.69, 9.17) is 5.11 Å². The van der Waals surface area contributed by atoms with E-state index in [9.17, 15) is 9.90 Å². The van der Waals surface area contributed by atoms with E-state index < -0.39 is 0 Å². The van der Waals surface area contributed by atoms with E-state index in [0.29, 0.717) is 12.1 Å². The molecule has 0 aliphatic rings. The van der Waals surface area contributed by atoms with E-state index in [2.05, 4.69) is 0 Å². The van der Waals surface area contributed by atoms with Crippen molar-refractivity contribution in [3.05, 3.63) is 29.8 Å². The number of phenols is 1. The Morgan fingerprint density at radius 1 is 1.35 bits per heavy atom. The molecule has 1 rings (SSSR count). The van der Waals surface area contributed by atoms with E-state index in [0.717, 1.165) is 0 Å². The van der Waals surface area contributed by atoms with Crippen molar-refractivity contribution in [1.29, 1.82) is 0 Å². The zero-order valence-corrected chi connectivity index (χ0v) is 10.3. The Labute approximate surface area is 101 Å². The molecule has 0 radical (unpaired) electrons. The topological polar surface area (TPSA) is 60.8 Å². The van der Waals surface area contributed by atoms with Crippen LogP contribution in [0.2, 0.25) is 0 Å². The smallest absolute Gasteiger partial charge is 0.227 e. The third kappa shape index (κ3) is 3.75. The molecule has 0 aliphatic carbocycles. The van der Waals surface area contributed by atoms with Crippen LogP contribution in [0.15, 0.2) is 24.3 Å². The van der Waals surface area contributed by atoms with Gasteiger partial charge >= 0.3 is 0 Å². The maximum Gasteiger partial charge on any atom is 0.227 e. The molecule has 1 amide bonds. The van der Waals surface area contributed by atoms with Gasteiger partial charge in [-0.05, 0) is 19.9 Å². The third-order valence-corrected chi connectivity index (χ3v) is 2.62. The highest BCUT2D eigenvalue weighted by atomic mass is 16.3. The first kappa shape index (κ1) is 13.5. The molecule has 94 valence electrons. The van der Waals surface area contributed by atoms with Crippen molar-refractivity contribution in [3.8, 4) is 5.75 Å². The van der Waals surface area contributed by atoms with Gasteiger partial charge in [0, 0.05) is 18.2 Å². The lowest BCUT2D eigenvalue weighted by atomic mass is 10.1. The lowest BCUT2D eigenvalue weighted by Crippen LogP contribution is -2.39. The van der Waals surface area contributed by atoms with Crippen LogP contribution in [0.25, 0.3) is 0 Å². The first-order valence-corrected chi connectivity index (χ1v) is 5.73. The molecule has 0 aliphatic heterocycles. The van der Waals surface area contributed by atoms with Gasteiger partial charge in [0.15, 0.2) is 0 Å². The number of carbonyl (C=O) groups excluding carboxylic acids is 1. The van der Waals surface area contributed by atoms with Gasteiger partial charge in [0.05, 0.1) is 13.0 Å². The van der Waals surface area contributed by atoms with Crippen molar-refractivity contribution in [2.45, 2.75) is 26.3 Å². The zero-order chi connectivity index (χ0) is 12.8. The van der Waals surface area contributed by atoms with Crippen molar-refractivity contribution in [2.75, 3.05) is 13.2 Å². The van der Waals surface area contributed by atoms with Crippen molar-refractivity contribution >= 4 is 5.91 Å². The van der Waals surface area contributed by atoms with Crippen LogP contribution in [-0.4, -0.2) is 40.2 Å². The van der Waals surface area contributed by atoms with Crippen LogP contribution in [0.5, 0.6) is 5.75 Å². The van der Waals surface area contributed by atoms with Gasteiger partial charge in [0.1, 0.15) is 5.75 Å². The second-order valence-corrected chi connectivity index (χ2v) is 4.21. The normalized spacial score (nSPS) is 10.6. The SMILES string of the molecule is CC(C)N(CCO)C(=O)Cc1ccccc1O. The lowest BCUT2D eigenvalue weighted by Gasteiger charge is -2.26. The maximum atomic E-state index is 12.0. The summed E-state index contributed by atoms with van der Waals surface area (Å²) in [7, 11) is 0. The number of benzene rings is 1. The second kappa shape index (κ2) is 6.25. The number of hydrogen-bond acceptors (Lipinski definition) is 3. The van der Waals surface area contributed by atoms with Gasteiger partial charge in [-0.2, -0.15) is 0 Å². The fourth-order valence-corrected chi connectivity index (χ4v) is 1.70. The summed E-state index contributed by atoms with van der Waals surface area (Å²) in [5.74, 6) is 0.0455. The number of phenolic OH excluding ortho intramolecular Hbond substituents is 1. The molecule has 0 saturated heterocycles. The quantitative estimate of drug-likeness (QED) is 0.808. The molecule has 4 heteroatoms. The van der Waals surface area contributed by atoms with Gasteiger partial charge in [-0.25, -0.2) is 0 Å². The van der Waals surface area contributed by atoms with Crippen LogP contribution >= 0.6 is 0 Å². The maximum absolute atomic E-state index is 12.0. The summed E-state index contributed by atoms with van der Waals surface area (Å²) in [5.41, 5.74) is 0.612. The number of aliphatic hydroxyl groups is 1. The van der Waals surface area contributed by atoms with Crippen LogP contribution in [0.3, 0.4) is 0 Å². The fourth-order valence-electron chi connectivity index (χ4n) is 1.70. The fraction of sp³-hybridized carbons (Fsp3) is 0.462. The summed E-state index contributed by atoms with van der Waals surface area (Å²) in [6.07, 6.45) is 0.158. The molecule has 17 heavy (non-hydrogen) atoms. The average Bonchev–Trinajstić information content (AvgIpc) is 2.28. The van der Waals surface area contributed by atoms with Gasteiger partial charge in [-0.15, -0.1) is 0 Å². The summed E-state index contributed by atoms with van der Waals surface area (Å²) in [5, 5.41) is 18.5. The molecule has 0 aromatic heterocycles. The standard InChI is InChI=1S/C13H19NO3/c1-10(2)14(7-8-15)13(17)9-11-5-3-4-6-12(11)16/h3-6,10,15-16H,7-9H2,1-2H3. The molecule has 0 bridgehead atoms. The average molecular weight is 237 g/mol. The van der Waals surface area contributed by atoms with Gasteiger partial charge in [-0.3, -0.25) is 4.79 Å². The Balaban J connectivity index is 2.73. The van der Waals surface area contributed by atoms with E-state index in [1.54, 1.807) is 29.2 Å². The van der Waals surface area contributed by atoms with Crippen molar-refractivity contribution in [3.63, 3.8) is 0 Å². The predicted molar refractivity (Wildman–Crippen MR) is 65.7 cm³/mol. The Morgan fingerprint density at radius 3 is 2.53 bits per heavy atom. The Morgan fingerprint density at radius 2 is 2.00 bits per heavy atom. The number of aromatic hydroxyl groups is 1. The number of hydrogen-bond donors (Lipinski definition) is 2. The summed E-state index contributed by atoms with van der Waals surface area (Å²) in [4.78, 5) is 13.6. The molecule has 0 heterocycles. The number of carbonyl (C=O) groups is 1.